The van der Waals surface area contributed by atoms with Crippen molar-refractivity contribution in [1.82, 2.24) is 0 Å². The highest BCUT2D eigenvalue weighted by Crippen LogP contribution is 2.29. The third-order valence-electron chi connectivity index (χ3n) is 2.43. The first-order valence-corrected chi connectivity index (χ1v) is 5.72. The molecule has 1 aromatic rings. The number of esters is 1. The van der Waals surface area contributed by atoms with Gasteiger partial charge in [0, 0.05) is 5.56 Å². The van der Waals surface area contributed by atoms with E-state index in [4.69, 9.17) is 14.6 Å². The monoisotopic (exact) mass is 254 g/mol. The molecule has 2 N–H and O–H groups in total. The van der Waals surface area contributed by atoms with Crippen molar-refractivity contribution in [3.63, 3.8) is 0 Å². The van der Waals surface area contributed by atoms with E-state index in [0.29, 0.717) is 11.3 Å². The summed E-state index contributed by atoms with van der Waals surface area (Å²) in [6.07, 6.45) is 0. The van der Waals surface area contributed by atoms with Crippen LogP contribution < -0.4 is 4.74 Å². The fourth-order valence-corrected chi connectivity index (χ4v) is 1.46. The van der Waals surface area contributed by atoms with E-state index in [2.05, 4.69) is 0 Å². The standard InChI is InChI=1S/C13H18O5/c1-3-17-12(15)8-18-11-7-5-4-6-10(11)13(2,16)9-14/h4-7,14,16H,3,8-9H2,1-2H3. The molecule has 0 aliphatic heterocycles. The predicted octanol–water partition coefficient (Wildman–Crippen LogP) is 0.828. The summed E-state index contributed by atoms with van der Waals surface area (Å²) in [5.41, 5.74) is -0.984. The molecule has 5 nitrogen and oxygen atoms in total. The number of benzene rings is 1. The second-order valence-corrected chi connectivity index (χ2v) is 4.02. The van der Waals surface area contributed by atoms with Gasteiger partial charge in [0.2, 0.25) is 0 Å². The molecule has 0 amide bonds. The first kappa shape index (κ1) is 14.5. The molecular weight excluding hydrogens is 236 g/mol. The summed E-state index contributed by atoms with van der Waals surface area (Å²) < 4.78 is 10.0. The van der Waals surface area contributed by atoms with Gasteiger partial charge in [-0.1, -0.05) is 18.2 Å². The van der Waals surface area contributed by atoms with Crippen molar-refractivity contribution in [2.24, 2.45) is 0 Å². The van der Waals surface area contributed by atoms with Crippen LogP contribution in [0.25, 0.3) is 0 Å². The molecule has 18 heavy (non-hydrogen) atoms. The fraction of sp³-hybridized carbons (Fsp3) is 0.462. The number of para-hydroxylation sites is 1. The number of aliphatic hydroxyl groups is 2. The van der Waals surface area contributed by atoms with E-state index in [1.54, 1.807) is 31.2 Å². The Bertz CT molecular complexity index is 400. The van der Waals surface area contributed by atoms with Gasteiger partial charge in [-0.15, -0.1) is 0 Å². The highest BCUT2D eigenvalue weighted by atomic mass is 16.6. The van der Waals surface area contributed by atoms with Crippen LogP contribution in [0.15, 0.2) is 24.3 Å². The van der Waals surface area contributed by atoms with Gasteiger partial charge in [0.15, 0.2) is 6.61 Å². The Morgan fingerprint density at radius 1 is 1.39 bits per heavy atom. The molecular formula is C13H18O5. The zero-order valence-corrected chi connectivity index (χ0v) is 10.5. The van der Waals surface area contributed by atoms with Crippen LogP contribution in [-0.2, 0) is 15.1 Å². The molecule has 1 aromatic carbocycles. The van der Waals surface area contributed by atoms with Gasteiger partial charge in [-0.25, -0.2) is 4.79 Å². The highest BCUT2D eigenvalue weighted by molar-refractivity contribution is 5.71. The average Bonchev–Trinajstić information content (AvgIpc) is 2.37. The number of ether oxygens (including phenoxy) is 2. The molecule has 0 bridgehead atoms. The minimum atomic E-state index is -1.41. The van der Waals surface area contributed by atoms with Gasteiger partial charge in [-0.3, -0.25) is 0 Å². The van der Waals surface area contributed by atoms with Crippen molar-refractivity contribution < 1.29 is 24.5 Å². The van der Waals surface area contributed by atoms with Gasteiger partial charge in [-0.2, -0.15) is 0 Å². The first-order valence-electron chi connectivity index (χ1n) is 5.72. The molecule has 0 spiro atoms. The van der Waals surface area contributed by atoms with Crippen LogP contribution in [0.2, 0.25) is 0 Å². The summed E-state index contributed by atoms with van der Waals surface area (Å²) in [6.45, 7) is 2.80. The molecule has 0 saturated heterocycles. The molecule has 1 atom stereocenters. The smallest absolute Gasteiger partial charge is 0.344 e. The molecule has 0 aromatic heterocycles. The maximum absolute atomic E-state index is 11.2. The second-order valence-electron chi connectivity index (χ2n) is 4.02. The van der Waals surface area contributed by atoms with E-state index < -0.39 is 18.2 Å². The van der Waals surface area contributed by atoms with Gasteiger partial charge < -0.3 is 19.7 Å². The summed E-state index contributed by atoms with van der Waals surface area (Å²) in [5, 5.41) is 19.1. The van der Waals surface area contributed by atoms with Gasteiger partial charge in [0.25, 0.3) is 0 Å². The van der Waals surface area contributed by atoms with Crippen molar-refractivity contribution in [2.45, 2.75) is 19.4 Å². The lowest BCUT2D eigenvalue weighted by Gasteiger charge is -2.23. The van der Waals surface area contributed by atoms with Crippen LogP contribution in [0.3, 0.4) is 0 Å². The zero-order chi connectivity index (χ0) is 13.6. The van der Waals surface area contributed by atoms with Crippen LogP contribution >= 0.6 is 0 Å². The van der Waals surface area contributed by atoms with Crippen LogP contribution in [0.1, 0.15) is 19.4 Å². The maximum Gasteiger partial charge on any atom is 0.344 e. The highest BCUT2D eigenvalue weighted by Gasteiger charge is 2.25. The SMILES string of the molecule is CCOC(=O)COc1ccccc1C(C)(O)CO. The Kier molecular flexibility index (Phi) is 5.12. The van der Waals surface area contributed by atoms with E-state index in [1.807, 2.05) is 0 Å². The molecule has 0 saturated carbocycles. The number of carbonyl (C=O) groups excluding carboxylic acids is 1. The maximum atomic E-state index is 11.2. The Morgan fingerprint density at radius 2 is 2.06 bits per heavy atom. The van der Waals surface area contributed by atoms with Crippen LogP contribution in [-0.4, -0.2) is 36.0 Å². The number of hydrogen-bond acceptors (Lipinski definition) is 5. The second kappa shape index (κ2) is 6.37. The van der Waals surface area contributed by atoms with Crippen molar-refractivity contribution in [1.29, 1.82) is 0 Å². The lowest BCUT2D eigenvalue weighted by Crippen LogP contribution is -2.27. The van der Waals surface area contributed by atoms with E-state index in [9.17, 15) is 9.90 Å². The predicted molar refractivity (Wildman–Crippen MR) is 65.2 cm³/mol. The van der Waals surface area contributed by atoms with Gasteiger partial charge in [0.1, 0.15) is 11.4 Å². The third-order valence-corrected chi connectivity index (χ3v) is 2.43. The topological polar surface area (TPSA) is 76.0 Å². The minimum Gasteiger partial charge on any atom is -0.482 e. The van der Waals surface area contributed by atoms with Crippen molar-refractivity contribution >= 4 is 5.97 Å². The summed E-state index contributed by atoms with van der Waals surface area (Å²) in [5.74, 6) is -0.124. The molecule has 1 unspecified atom stereocenters. The Labute approximate surface area is 106 Å². The average molecular weight is 254 g/mol. The fourth-order valence-electron chi connectivity index (χ4n) is 1.46. The third kappa shape index (κ3) is 3.72. The summed E-state index contributed by atoms with van der Waals surface area (Å²) in [7, 11) is 0. The van der Waals surface area contributed by atoms with E-state index >= 15 is 0 Å². The summed E-state index contributed by atoms with van der Waals surface area (Å²) in [4.78, 5) is 11.2. The molecule has 0 fully saturated rings. The molecule has 0 heterocycles. The van der Waals surface area contributed by atoms with E-state index in [-0.39, 0.29) is 13.2 Å². The van der Waals surface area contributed by atoms with E-state index in [1.165, 1.54) is 6.92 Å². The Morgan fingerprint density at radius 3 is 2.67 bits per heavy atom. The molecule has 1 rings (SSSR count). The summed E-state index contributed by atoms with van der Waals surface area (Å²) in [6, 6.07) is 6.70. The van der Waals surface area contributed by atoms with Crippen LogP contribution in [0.4, 0.5) is 0 Å². The number of hydrogen-bond donors (Lipinski definition) is 2. The lowest BCUT2D eigenvalue weighted by molar-refractivity contribution is -0.145. The lowest BCUT2D eigenvalue weighted by atomic mass is 9.96. The van der Waals surface area contributed by atoms with Crippen molar-refractivity contribution in [3.8, 4) is 5.75 Å². The molecule has 0 aliphatic carbocycles. The van der Waals surface area contributed by atoms with Crippen molar-refractivity contribution in [3.05, 3.63) is 29.8 Å². The molecule has 100 valence electrons. The summed E-state index contributed by atoms with van der Waals surface area (Å²) >= 11 is 0. The molecule has 0 radical (unpaired) electrons. The first-order chi connectivity index (χ1) is 8.51. The van der Waals surface area contributed by atoms with Crippen LogP contribution in [0, 0.1) is 0 Å². The number of carbonyl (C=O) groups is 1. The van der Waals surface area contributed by atoms with Gasteiger partial charge >= 0.3 is 5.97 Å². The van der Waals surface area contributed by atoms with Crippen LogP contribution in [0.5, 0.6) is 5.75 Å². The molecule has 0 aliphatic rings. The van der Waals surface area contributed by atoms with Crippen molar-refractivity contribution in [2.75, 3.05) is 19.8 Å². The Hall–Kier alpha value is -1.59. The number of rotatable bonds is 6. The Balaban J connectivity index is 2.80. The van der Waals surface area contributed by atoms with E-state index in [0.717, 1.165) is 0 Å². The quantitative estimate of drug-likeness (QED) is 0.735. The van der Waals surface area contributed by atoms with Gasteiger partial charge in [0.05, 0.1) is 13.2 Å². The minimum absolute atomic E-state index is 0.230. The van der Waals surface area contributed by atoms with Gasteiger partial charge in [-0.05, 0) is 19.9 Å². The largest absolute Gasteiger partial charge is 0.482 e. The molecule has 5 heteroatoms. The number of aliphatic hydroxyl groups excluding tert-OH is 1. The zero-order valence-electron chi connectivity index (χ0n) is 10.5. The normalized spacial score (nSPS) is 13.8.